The molecule has 2 rings (SSSR count). The standard InChI is InChI=1S/C15H20FN3O2/c1-4-12(20-13-8-6-5-7-11(13)16)15-18-14(19-21-15)9-10(2)17-3/h5-8,10,12,17H,4,9H2,1-3H3. The second kappa shape index (κ2) is 7.17. The summed E-state index contributed by atoms with van der Waals surface area (Å²) in [5.74, 6) is 0.772. The maximum atomic E-state index is 13.6. The first-order chi connectivity index (χ1) is 10.1. The van der Waals surface area contributed by atoms with Crippen molar-refractivity contribution in [2.75, 3.05) is 7.05 Å². The number of nitrogens with zero attached hydrogens (tertiary/aromatic N) is 2. The van der Waals surface area contributed by atoms with Crippen molar-refractivity contribution in [1.29, 1.82) is 0 Å². The predicted molar refractivity (Wildman–Crippen MR) is 76.6 cm³/mol. The van der Waals surface area contributed by atoms with Crippen LogP contribution in [-0.4, -0.2) is 23.2 Å². The van der Waals surface area contributed by atoms with Gasteiger partial charge in [0.05, 0.1) is 0 Å². The van der Waals surface area contributed by atoms with Crippen LogP contribution in [0.25, 0.3) is 0 Å². The van der Waals surface area contributed by atoms with E-state index in [9.17, 15) is 4.39 Å². The lowest BCUT2D eigenvalue weighted by molar-refractivity contribution is 0.148. The molecule has 0 aliphatic heterocycles. The highest BCUT2D eigenvalue weighted by Gasteiger charge is 2.21. The second-order valence-electron chi connectivity index (χ2n) is 4.89. The molecule has 1 heterocycles. The van der Waals surface area contributed by atoms with Crippen LogP contribution in [0.3, 0.4) is 0 Å². The van der Waals surface area contributed by atoms with Crippen molar-refractivity contribution in [1.82, 2.24) is 15.5 Å². The van der Waals surface area contributed by atoms with E-state index in [1.807, 2.05) is 20.9 Å². The third kappa shape index (κ3) is 4.01. The topological polar surface area (TPSA) is 60.2 Å². The molecule has 2 unspecified atom stereocenters. The minimum atomic E-state index is -0.451. The summed E-state index contributed by atoms with van der Waals surface area (Å²) in [6.45, 7) is 3.95. The van der Waals surface area contributed by atoms with E-state index in [1.54, 1.807) is 18.2 Å². The Balaban J connectivity index is 2.09. The van der Waals surface area contributed by atoms with Gasteiger partial charge in [0.2, 0.25) is 0 Å². The van der Waals surface area contributed by atoms with Gasteiger partial charge in [-0.1, -0.05) is 24.2 Å². The fourth-order valence-corrected chi connectivity index (χ4v) is 1.86. The quantitative estimate of drug-likeness (QED) is 0.850. The predicted octanol–water partition coefficient (Wildman–Crippen LogP) is 2.89. The molecule has 114 valence electrons. The molecule has 0 aliphatic rings. The number of likely N-dealkylation sites (N-methyl/N-ethyl adjacent to an activating group) is 1. The average Bonchev–Trinajstić information content (AvgIpc) is 2.94. The minimum absolute atomic E-state index is 0.188. The lowest BCUT2D eigenvalue weighted by Crippen LogP contribution is -2.24. The molecule has 0 amide bonds. The fourth-order valence-electron chi connectivity index (χ4n) is 1.86. The van der Waals surface area contributed by atoms with E-state index in [0.717, 1.165) is 0 Å². The zero-order chi connectivity index (χ0) is 15.2. The van der Waals surface area contributed by atoms with Crippen LogP contribution in [0, 0.1) is 5.82 Å². The molecule has 1 N–H and O–H groups in total. The molecule has 1 aromatic heterocycles. The maximum Gasteiger partial charge on any atom is 0.267 e. The normalized spacial score (nSPS) is 13.9. The van der Waals surface area contributed by atoms with Crippen LogP contribution in [-0.2, 0) is 6.42 Å². The Morgan fingerprint density at radius 3 is 2.81 bits per heavy atom. The molecule has 0 saturated carbocycles. The summed E-state index contributed by atoms with van der Waals surface area (Å²) in [7, 11) is 1.88. The first-order valence-corrected chi connectivity index (χ1v) is 7.05. The van der Waals surface area contributed by atoms with Gasteiger partial charge in [-0.3, -0.25) is 0 Å². The van der Waals surface area contributed by atoms with Crippen LogP contribution in [0.5, 0.6) is 5.75 Å². The van der Waals surface area contributed by atoms with Crippen molar-refractivity contribution < 1.29 is 13.7 Å². The Labute approximate surface area is 123 Å². The number of rotatable bonds is 7. The van der Waals surface area contributed by atoms with Crippen molar-refractivity contribution in [3.63, 3.8) is 0 Å². The Hall–Kier alpha value is -1.95. The largest absolute Gasteiger partial charge is 0.478 e. The van der Waals surface area contributed by atoms with Crippen LogP contribution in [0.4, 0.5) is 4.39 Å². The number of aromatic nitrogens is 2. The summed E-state index contributed by atoms with van der Waals surface area (Å²) in [5.41, 5.74) is 0. The number of hydrogen-bond donors (Lipinski definition) is 1. The van der Waals surface area contributed by atoms with Crippen LogP contribution in [0.15, 0.2) is 28.8 Å². The molecule has 0 spiro atoms. The van der Waals surface area contributed by atoms with E-state index in [-0.39, 0.29) is 11.8 Å². The molecule has 0 radical (unpaired) electrons. The van der Waals surface area contributed by atoms with Gasteiger partial charge in [0.1, 0.15) is 0 Å². The molecule has 0 saturated heterocycles. The molecule has 1 aromatic carbocycles. The van der Waals surface area contributed by atoms with Gasteiger partial charge in [-0.2, -0.15) is 4.98 Å². The molecule has 2 atom stereocenters. The van der Waals surface area contributed by atoms with Crippen LogP contribution < -0.4 is 10.1 Å². The van der Waals surface area contributed by atoms with Crippen LogP contribution in [0.1, 0.15) is 38.1 Å². The lowest BCUT2D eigenvalue weighted by Gasteiger charge is -2.13. The highest BCUT2D eigenvalue weighted by atomic mass is 19.1. The lowest BCUT2D eigenvalue weighted by atomic mass is 10.2. The summed E-state index contributed by atoms with van der Waals surface area (Å²) >= 11 is 0. The molecule has 0 fully saturated rings. The highest BCUT2D eigenvalue weighted by Crippen LogP contribution is 2.25. The summed E-state index contributed by atoms with van der Waals surface area (Å²) in [5, 5.41) is 7.05. The molecule has 0 aliphatic carbocycles. The van der Waals surface area contributed by atoms with E-state index >= 15 is 0 Å². The Bertz CT molecular complexity index is 574. The molecular weight excluding hydrogens is 273 g/mol. The third-order valence-electron chi connectivity index (χ3n) is 3.22. The number of nitrogens with one attached hydrogen (secondary N) is 1. The second-order valence-corrected chi connectivity index (χ2v) is 4.89. The first-order valence-electron chi connectivity index (χ1n) is 7.05. The molecule has 2 aromatic rings. The molecular formula is C15H20FN3O2. The van der Waals surface area contributed by atoms with E-state index in [4.69, 9.17) is 9.26 Å². The van der Waals surface area contributed by atoms with Crippen molar-refractivity contribution in [3.05, 3.63) is 41.8 Å². The molecule has 5 nitrogen and oxygen atoms in total. The van der Waals surface area contributed by atoms with Crippen LogP contribution >= 0.6 is 0 Å². The van der Waals surface area contributed by atoms with Gasteiger partial charge < -0.3 is 14.6 Å². The summed E-state index contributed by atoms with van der Waals surface area (Å²) in [4.78, 5) is 4.33. The SMILES string of the molecule is CCC(Oc1ccccc1F)c1nc(CC(C)NC)no1. The van der Waals surface area contributed by atoms with Gasteiger partial charge in [-0.25, -0.2) is 4.39 Å². The van der Waals surface area contributed by atoms with Crippen molar-refractivity contribution >= 4 is 0 Å². The summed E-state index contributed by atoms with van der Waals surface area (Å²) in [6, 6.07) is 6.53. The third-order valence-corrected chi connectivity index (χ3v) is 3.22. The maximum absolute atomic E-state index is 13.6. The summed E-state index contributed by atoms with van der Waals surface area (Å²) in [6.07, 6.45) is 0.821. The fraction of sp³-hybridized carbons (Fsp3) is 0.467. The number of para-hydroxylation sites is 1. The summed E-state index contributed by atoms with van der Waals surface area (Å²) < 4.78 is 24.5. The van der Waals surface area contributed by atoms with Gasteiger partial charge in [-0.05, 0) is 32.5 Å². The van der Waals surface area contributed by atoms with Gasteiger partial charge in [-0.15, -0.1) is 0 Å². The number of ether oxygens (including phenoxy) is 1. The molecule has 21 heavy (non-hydrogen) atoms. The van der Waals surface area contributed by atoms with Gasteiger partial charge >= 0.3 is 0 Å². The van der Waals surface area contributed by atoms with E-state index in [0.29, 0.717) is 24.6 Å². The first kappa shape index (κ1) is 15.4. The number of halogens is 1. The monoisotopic (exact) mass is 293 g/mol. The smallest absolute Gasteiger partial charge is 0.267 e. The van der Waals surface area contributed by atoms with Gasteiger partial charge in [0.15, 0.2) is 23.5 Å². The van der Waals surface area contributed by atoms with Gasteiger partial charge in [0, 0.05) is 12.5 Å². The Kier molecular flexibility index (Phi) is 5.27. The van der Waals surface area contributed by atoms with Gasteiger partial charge in [0.25, 0.3) is 5.89 Å². The van der Waals surface area contributed by atoms with Crippen LogP contribution in [0.2, 0.25) is 0 Å². The van der Waals surface area contributed by atoms with Crippen molar-refractivity contribution in [3.8, 4) is 5.75 Å². The minimum Gasteiger partial charge on any atom is -0.478 e. The van der Waals surface area contributed by atoms with E-state index in [2.05, 4.69) is 15.5 Å². The van der Waals surface area contributed by atoms with Crippen molar-refractivity contribution in [2.24, 2.45) is 0 Å². The van der Waals surface area contributed by atoms with E-state index in [1.165, 1.54) is 6.07 Å². The number of benzene rings is 1. The Morgan fingerprint density at radius 1 is 1.38 bits per heavy atom. The molecule has 6 heteroatoms. The zero-order valence-electron chi connectivity index (χ0n) is 12.5. The highest BCUT2D eigenvalue weighted by molar-refractivity contribution is 5.24. The molecule has 0 bridgehead atoms. The Morgan fingerprint density at radius 2 is 2.14 bits per heavy atom. The average molecular weight is 293 g/mol. The van der Waals surface area contributed by atoms with E-state index < -0.39 is 11.9 Å². The number of hydrogen-bond acceptors (Lipinski definition) is 5. The van der Waals surface area contributed by atoms with Crippen molar-refractivity contribution in [2.45, 2.75) is 38.8 Å². The zero-order valence-corrected chi connectivity index (χ0v) is 12.5.